The zero-order valence-corrected chi connectivity index (χ0v) is 12.3. The second kappa shape index (κ2) is 7.26. The lowest BCUT2D eigenvalue weighted by atomic mass is 10.2. The zero-order chi connectivity index (χ0) is 15.2. The van der Waals surface area contributed by atoms with Crippen LogP contribution in [0.4, 0.5) is 9.18 Å². The number of ether oxygens (including phenoxy) is 2. The molecule has 1 aliphatic rings. The summed E-state index contributed by atoms with van der Waals surface area (Å²) in [7, 11) is 0. The molecule has 21 heavy (non-hydrogen) atoms. The van der Waals surface area contributed by atoms with Crippen molar-refractivity contribution in [3.05, 3.63) is 30.1 Å². The summed E-state index contributed by atoms with van der Waals surface area (Å²) in [5, 5.41) is 5.69. The number of rotatable bonds is 5. The summed E-state index contributed by atoms with van der Waals surface area (Å²) in [6.07, 6.45) is 0.871. The normalized spacial score (nSPS) is 22.6. The molecule has 0 saturated carbocycles. The van der Waals surface area contributed by atoms with Gasteiger partial charge in [-0.1, -0.05) is 0 Å². The SMILES string of the molecule is C[C@H](COc1ccc(F)cc1)NC(=O)N[C@H]1CCO[C@H]1C. The highest BCUT2D eigenvalue weighted by molar-refractivity contribution is 5.74. The van der Waals surface area contributed by atoms with Crippen molar-refractivity contribution in [2.45, 2.75) is 38.5 Å². The lowest BCUT2D eigenvalue weighted by Crippen LogP contribution is -2.48. The van der Waals surface area contributed by atoms with Gasteiger partial charge in [0, 0.05) is 6.61 Å². The summed E-state index contributed by atoms with van der Waals surface area (Å²) in [6, 6.07) is 5.44. The zero-order valence-electron chi connectivity index (χ0n) is 12.3. The van der Waals surface area contributed by atoms with Gasteiger partial charge in [0.05, 0.1) is 18.2 Å². The molecule has 2 rings (SSSR count). The second-order valence-corrected chi connectivity index (χ2v) is 5.25. The van der Waals surface area contributed by atoms with E-state index in [0.717, 1.165) is 6.42 Å². The van der Waals surface area contributed by atoms with Crippen molar-refractivity contribution in [2.75, 3.05) is 13.2 Å². The molecule has 1 aromatic carbocycles. The van der Waals surface area contributed by atoms with Gasteiger partial charge in [-0.25, -0.2) is 9.18 Å². The molecule has 1 heterocycles. The van der Waals surface area contributed by atoms with Crippen molar-refractivity contribution < 1.29 is 18.7 Å². The molecule has 1 saturated heterocycles. The number of halogens is 1. The lowest BCUT2D eigenvalue weighted by Gasteiger charge is -2.19. The van der Waals surface area contributed by atoms with Gasteiger partial charge in [-0.15, -0.1) is 0 Å². The van der Waals surface area contributed by atoms with Crippen molar-refractivity contribution >= 4 is 6.03 Å². The third-order valence-electron chi connectivity index (χ3n) is 3.38. The Hall–Kier alpha value is -1.82. The Kier molecular flexibility index (Phi) is 5.38. The Labute approximate surface area is 123 Å². The van der Waals surface area contributed by atoms with E-state index in [9.17, 15) is 9.18 Å². The summed E-state index contributed by atoms with van der Waals surface area (Å²) < 4.78 is 23.6. The van der Waals surface area contributed by atoms with Crippen LogP contribution in [0.15, 0.2) is 24.3 Å². The predicted molar refractivity (Wildman–Crippen MR) is 76.8 cm³/mol. The minimum atomic E-state index is -0.305. The number of carbonyl (C=O) groups excluding carboxylic acids is 1. The Bertz CT molecular complexity index is 466. The van der Waals surface area contributed by atoms with Crippen LogP contribution in [0, 0.1) is 5.82 Å². The maximum Gasteiger partial charge on any atom is 0.315 e. The Morgan fingerprint density at radius 1 is 1.48 bits per heavy atom. The molecule has 0 radical (unpaired) electrons. The highest BCUT2D eigenvalue weighted by atomic mass is 19.1. The van der Waals surface area contributed by atoms with Crippen LogP contribution in [0.2, 0.25) is 0 Å². The summed E-state index contributed by atoms with van der Waals surface area (Å²) in [5.74, 6) is 0.268. The minimum Gasteiger partial charge on any atom is -0.491 e. The minimum absolute atomic E-state index is 0.0431. The Morgan fingerprint density at radius 3 is 2.81 bits per heavy atom. The average molecular weight is 296 g/mol. The second-order valence-electron chi connectivity index (χ2n) is 5.25. The van der Waals surface area contributed by atoms with Crippen LogP contribution >= 0.6 is 0 Å². The molecule has 6 heteroatoms. The van der Waals surface area contributed by atoms with Crippen molar-refractivity contribution in [2.24, 2.45) is 0 Å². The van der Waals surface area contributed by atoms with E-state index in [0.29, 0.717) is 19.0 Å². The quantitative estimate of drug-likeness (QED) is 0.874. The van der Waals surface area contributed by atoms with Gasteiger partial charge in [0.1, 0.15) is 18.2 Å². The number of carbonyl (C=O) groups is 1. The van der Waals surface area contributed by atoms with Gasteiger partial charge in [0.15, 0.2) is 0 Å². The number of nitrogens with one attached hydrogen (secondary N) is 2. The monoisotopic (exact) mass is 296 g/mol. The molecule has 116 valence electrons. The van der Waals surface area contributed by atoms with Crippen LogP contribution in [-0.4, -0.2) is 37.4 Å². The summed E-state index contributed by atoms with van der Waals surface area (Å²) in [6.45, 7) is 4.78. The van der Waals surface area contributed by atoms with E-state index in [4.69, 9.17) is 9.47 Å². The van der Waals surface area contributed by atoms with Crippen LogP contribution in [0.25, 0.3) is 0 Å². The molecule has 1 aromatic rings. The van der Waals surface area contributed by atoms with E-state index < -0.39 is 0 Å². The summed E-state index contributed by atoms with van der Waals surface area (Å²) >= 11 is 0. The van der Waals surface area contributed by atoms with E-state index >= 15 is 0 Å². The van der Waals surface area contributed by atoms with Crippen molar-refractivity contribution in [3.63, 3.8) is 0 Å². The third kappa shape index (κ3) is 4.90. The van der Waals surface area contributed by atoms with Gasteiger partial charge in [-0.3, -0.25) is 0 Å². The van der Waals surface area contributed by atoms with E-state index in [1.807, 2.05) is 13.8 Å². The van der Waals surface area contributed by atoms with Gasteiger partial charge >= 0.3 is 6.03 Å². The van der Waals surface area contributed by atoms with E-state index in [-0.39, 0.29) is 30.0 Å². The molecule has 5 nitrogen and oxygen atoms in total. The first-order valence-electron chi connectivity index (χ1n) is 7.11. The van der Waals surface area contributed by atoms with Gasteiger partial charge in [0.2, 0.25) is 0 Å². The van der Waals surface area contributed by atoms with E-state index in [1.54, 1.807) is 12.1 Å². The highest BCUT2D eigenvalue weighted by Gasteiger charge is 2.25. The van der Waals surface area contributed by atoms with Crippen molar-refractivity contribution in [3.8, 4) is 5.75 Å². The molecule has 0 bridgehead atoms. The number of hydrogen-bond acceptors (Lipinski definition) is 3. The van der Waals surface area contributed by atoms with Crippen molar-refractivity contribution in [1.82, 2.24) is 10.6 Å². The molecular formula is C15H21FN2O3. The first kappa shape index (κ1) is 15.6. The van der Waals surface area contributed by atoms with Gasteiger partial charge in [-0.05, 0) is 44.5 Å². The van der Waals surface area contributed by atoms with Crippen LogP contribution in [0.5, 0.6) is 5.75 Å². The molecule has 3 atom stereocenters. The third-order valence-corrected chi connectivity index (χ3v) is 3.38. The summed E-state index contributed by atoms with van der Waals surface area (Å²) in [5.41, 5.74) is 0. The Morgan fingerprint density at radius 2 is 2.19 bits per heavy atom. The van der Waals surface area contributed by atoms with Crippen LogP contribution in [0.3, 0.4) is 0 Å². The number of urea groups is 1. The standard InChI is InChI=1S/C15H21FN2O3/c1-10(9-21-13-5-3-12(16)4-6-13)17-15(19)18-14-7-8-20-11(14)2/h3-6,10-11,14H,7-9H2,1-2H3,(H2,17,18,19)/t10-,11+,14+/m1/s1. The molecular weight excluding hydrogens is 275 g/mol. The highest BCUT2D eigenvalue weighted by Crippen LogP contribution is 2.13. The van der Waals surface area contributed by atoms with E-state index in [1.165, 1.54) is 12.1 Å². The van der Waals surface area contributed by atoms with Gasteiger partial charge in [0.25, 0.3) is 0 Å². The van der Waals surface area contributed by atoms with Crippen LogP contribution in [0.1, 0.15) is 20.3 Å². The molecule has 0 aliphatic carbocycles. The first-order valence-corrected chi connectivity index (χ1v) is 7.11. The molecule has 2 amide bonds. The maximum absolute atomic E-state index is 12.8. The van der Waals surface area contributed by atoms with E-state index in [2.05, 4.69) is 10.6 Å². The smallest absolute Gasteiger partial charge is 0.315 e. The number of amides is 2. The number of hydrogen-bond donors (Lipinski definition) is 2. The molecule has 0 aromatic heterocycles. The predicted octanol–water partition coefficient (Wildman–Crippen LogP) is 2.07. The fraction of sp³-hybridized carbons (Fsp3) is 0.533. The molecule has 0 unspecified atom stereocenters. The maximum atomic E-state index is 12.8. The lowest BCUT2D eigenvalue weighted by molar-refractivity contribution is 0.114. The topological polar surface area (TPSA) is 59.6 Å². The Balaban J connectivity index is 1.69. The average Bonchev–Trinajstić information content (AvgIpc) is 2.83. The summed E-state index contributed by atoms with van der Waals surface area (Å²) in [4.78, 5) is 11.8. The fourth-order valence-corrected chi connectivity index (χ4v) is 2.15. The first-order chi connectivity index (χ1) is 10.0. The van der Waals surface area contributed by atoms with Crippen LogP contribution in [-0.2, 0) is 4.74 Å². The molecule has 0 spiro atoms. The van der Waals surface area contributed by atoms with Crippen LogP contribution < -0.4 is 15.4 Å². The largest absolute Gasteiger partial charge is 0.491 e. The molecule has 1 aliphatic heterocycles. The fourth-order valence-electron chi connectivity index (χ4n) is 2.15. The van der Waals surface area contributed by atoms with Gasteiger partial charge < -0.3 is 20.1 Å². The number of benzene rings is 1. The van der Waals surface area contributed by atoms with Crippen molar-refractivity contribution in [1.29, 1.82) is 0 Å². The molecule has 2 N–H and O–H groups in total. The van der Waals surface area contributed by atoms with Gasteiger partial charge in [-0.2, -0.15) is 0 Å². The molecule has 1 fully saturated rings.